The van der Waals surface area contributed by atoms with Crippen molar-refractivity contribution < 1.29 is 4.39 Å². The van der Waals surface area contributed by atoms with Crippen LogP contribution in [0.15, 0.2) is 18.2 Å². The van der Waals surface area contributed by atoms with Gasteiger partial charge in [0.15, 0.2) is 0 Å². The lowest BCUT2D eigenvalue weighted by Gasteiger charge is -2.01. The van der Waals surface area contributed by atoms with Gasteiger partial charge in [-0.15, -0.1) is 0 Å². The number of tetrazole rings is 1. The second-order valence-electron chi connectivity index (χ2n) is 2.51. The van der Waals surface area contributed by atoms with Crippen LogP contribution in [0.1, 0.15) is 0 Å². The normalized spacial score (nSPS) is 10.4. The van der Waals surface area contributed by atoms with Gasteiger partial charge in [0.05, 0.1) is 0 Å². The summed E-state index contributed by atoms with van der Waals surface area (Å²) in [7, 11) is 0. The third kappa shape index (κ3) is 1.53. The Morgan fingerprint density at radius 2 is 2.29 bits per heavy atom. The van der Waals surface area contributed by atoms with Crippen LogP contribution >= 0.6 is 23.8 Å². The van der Waals surface area contributed by atoms with E-state index in [9.17, 15) is 4.39 Å². The highest BCUT2D eigenvalue weighted by atomic mass is 35.5. The molecule has 0 aliphatic heterocycles. The van der Waals surface area contributed by atoms with Crippen molar-refractivity contribution in [3.63, 3.8) is 0 Å². The second-order valence-corrected chi connectivity index (χ2v) is 3.32. The van der Waals surface area contributed by atoms with Crippen LogP contribution in [0.3, 0.4) is 0 Å². The van der Waals surface area contributed by atoms with Crippen molar-refractivity contribution in [2.24, 2.45) is 0 Å². The van der Waals surface area contributed by atoms with Gasteiger partial charge >= 0.3 is 0 Å². The van der Waals surface area contributed by atoms with Crippen LogP contribution in [-0.2, 0) is 0 Å². The molecule has 1 N–H and O–H groups in total. The summed E-state index contributed by atoms with van der Waals surface area (Å²) in [6.45, 7) is 0. The summed E-state index contributed by atoms with van der Waals surface area (Å²) in [6, 6.07) is 4.25. The average Bonchev–Trinajstić information content (AvgIpc) is 2.52. The van der Waals surface area contributed by atoms with Gasteiger partial charge in [-0.3, -0.25) is 0 Å². The Morgan fingerprint density at radius 1 is 1.50 bits per heavy atom. The van der Waals surface area contributed by atoms with Gasteiger partial charge in [-0.25, -0.2) is 9.07 Å². The molecule has 72 valence electrons. The topological polar surface area (TPSA) is 46.5 Å². The molecule has 7 heteroatoms. The van der Waals surface area contributed by atoms with Crippen LogP contribution in [0, 0.1) is 10.6 Å². The Hall–Kier alpha value is -1.27. The molecule has 0 bridgehead atoms. The minimum absolute atomic E-state index is 0.159. The molecule has 1 aromatic heterocycles. The first kappa shape index (κ1) is 9.29. The zero-order valence-corrected chi connectivity index (χ0v) is 8.31. The summed E-state index contributed by atoms with van der Waals surface area (Å²) < 4.78 is 14.8. The molecule has 1 heterocycles. The minimum Gasteiger partial charge on any atom is -0.207 e. The smallest absolute Gasteiger partial charge is 0.207 e. The van der Waals surface area contributed by atoms with Crippen molar-refractivity contribution >= 4 is 23.8 Å². The molecule has 0 saturated carbocycles. The van der Waals surface area contributed by atoms with E-state index in [4.69, 9.17) is 23.8 Å². The van der Waals surface area contributed by atoms with E-state index in [0.717, 1.165) is 0 Å². The minimum atomic E-state index is -0.486. The second kappa shape index (κ2) is 3.47. The Bertz CT molecular complexity index is 520. The van der Waals surface area contributed by atoms with Crippen LogP contribution in [0.2, 0.25) is 5.02 Å². The first-order chi connectivity index (χ1) is 6.68. The third-order valence-corrected chi connectivity index (χ3v) is 2.12. The zero-order valence-electron chi connectivity index (χ0n) is 6.74. The highest BCUT2D eigenvalue weighted by Crippen LogP contribution is 2.17. The van der Waals surface area contributed by atoms with E-state index in [2.05, 4.69) is 15.5 Å². The zero-order chi connectivity index (χ0) is 10.1. The lowest BCUT2D eigenvalue weighted by atomic mass is 10.3. The SMILES string of the molecule is Fc1cc(Cl)ccc1-n1[nH]nnc1=S. The van der Waals surface area contributed by atoms with Gasteiger partial charge < -0.3 is 0 Å². The summed E-state index contributed by atoms with van der Waals surface area (Å²) in [6.07, 6.45) is 0. The number of H-pyrrole nitrogens is 1. The molecule has 0 aliphatic rings. The van der Waals surface area contributed by atoms with Crippen LogP contribution in [0.25, 0.3) is 5.69 Å². The lowest BCUT2D eigenvalue weighted by Crippen LogP contribution is -1.99. The first-order valence-electron chi connectivity index (χ1n) is 3.64. The van der Waals surface area contributed by atoms with Gasteiger partial charge in [0, 0.05) is 5.02 Å². The number of rotatable bonds is 1. The Labute approximate surface area is 88.3 Å². The summed E-state index contributed by atoms with van der Waals surface area (Å²) in [5, 5.41) is 9.75. The highest BCUT2D eigenvalue weighted by Gasteiger charge is 2.06. The van der Waals surface area contributed by atoms with E-state index in [1.165, 1.54) is 16.8 Å². The lowest BCUT2D eigenvalue weighted by molar-refractivity contribution is 0.606. The van der Waals surface area contributed by atoms with Crippen LogP contribution < -0.4 is 0 Å². The Balaban J connectivity index is 2.63. The van der Waals surface area contributed by atoms with E-state index in [-0.39, 0.29) is 10.5 Å². The van der Waals surface area contributed by atoms with Crippen molar-refractivity contribution in [2.45, 2.75) is 0 Å². The molecule has 0 fully saturated rings. The molecule has 0 radical (unpaired) electrons. The van der Waals surface area contributed by atoms with Crippen molar-refractivity contribution in [1.29, 1.82) is 0 Å². The maximum Gasteiger partial charge on any atom is 0.243 e. The van der Waals surface area contributed by atoms with E-state index in [0.29, 0.717) is 5.02 Å². The molecular weight excluding hydrogens is 227 g/mol. The number of hydrogen-bond donors (Lipinski definition) is 1. The summed E-state index contributed by atoms with van der Waals surface area (Å²) >= 11 is 10.4. The van der Waals surface area contributed by atoms with E-state index < -0.39 is 5.82 Å². The van der Waals surface area contributed by atoms with Crippen LogP contribution in [0.4, 0.5) is 4.39 Å². The largest absolute Gasteiger partial charge is 0.243 e. The molecule has 0 unspecified atom stereocenters. The quantitative estimate of drug-likeness (QED) is 0.764. The van der Waals surface area contributed by atoms with E-state index >= 15 is 0 Å². The van der Waals surface area contributed by atoms with Gasteiger partial charge in [0.1, 0.15) is 11.5 Å². The Kier molecular flexibility index (Phi) is 2.30. The molecule has 0 aliphatic carbocycles. The molecule has 0 atom stereocenters. The van der Waals surface area contributed by atoms with Crippen molar-refractivity contribution in [1.82, 2.24) is 20.2 Å². The van der Waals surface area contributed by atoms with Crippen molar-refractivity contribution in [3.05, 3.63) is 33.8 Å². The first-order valence-corrected chi connectivity index (χ1v) is 4.42. The number of nitrogens with zero attached hydrogens (tertiary/aromatic N) is 3. The number of benzene rings is 1. The predicted octanol–water partition coefficient (Wildman–Crippen LogP) is 2.12. The predicted molar refractivity (Wildman–Crippen MR) is 51.5 cm³/mol. The number of nitrogens with one attached hydrogen (secondary N) is 1. The van der Waals surface area contributed by atoms with Gasteiger partial charge in [-0.05, 0) is 30.4 Å². The summed E-state index contributed by atoms with van der Waals surface area (Å²) in [4.78, 5) is 0. The number of aromatic amines is 1. The van der Waals surface area contributed by atoms with Gasteiger partial charge in [0.25, 0.3) is 0 Å². The van der Waals surface area contributed by atoms with Gasteiger partial charge in [0.2, 0.25) is 4.77 Å². The molecule has 14 heavy (non-hydrogen) atoms. The van der Waals surface area contributed by atoms with Crippen molar-refractivity contribution in [3.8, 4) is 5.69 Å². The third-order valence-electron chi connectivity index (χ3n) is 1.62. The molecule has 0 saturated heterocycles. The number of halogens is 2. The van der Waals surface area contributed by atoms with E-state index in [1.54, 1.807) is 6.07 Å². The van der Waals surface area contributed by atoms with Gasteiger partial charge in [-0.1, -0.05) is 21.9 Å². The fourth-order valence-corrected chi connectivity index (χ4v) is 1.36. The van der Waals surface area contributed by atoms with Crippen molar-refractivity contribution in [2.75, 3.05) is 0 Å². The monoisotopic (exact) mass is 230 g/mol. The molecule has 2 rings (SSSR count). The maximum absolute atomic E-state index is 13.4. The molecule has 2 aromatic rings. The number of hydrogen-bond acceptors (Lipinski definition) is 3. The fraction of sp³-hybridized carbons (Fsp3) is 0. The molecule has 1 aromatic carbocycles. The van der Waals surface area contributed by atoms with Crippen LogP contribution in [-0.4, -0.2) is 20.2 Å². The average molecular weight is 231 g/mol. The maximum atomic E-state index is 13.4. The van der Waals surface area contributed by atoms with Crippen LogP contribution in [0.5, 0.6) is 0 Å². The fourth-order valence-electron chi connectivity index (χ4n) is 1.02. The molecular formula is C7H4ClFN4S. The highest BCUT2D eigenvalue weighted by molar-refractivity contribution is 7.71. The molecule has 0 amide bonds. The van der Waals surface area contributed by atoms with Gasteiger partial charge in [-0.2, -0.15) is 5.21 Å². The summed E-state index contributed by atoms with van der Waals surface area (Å²) in [5.74, 6) is -0.486. The Morgan fingerprint density at radius 3 is 2.86 bits per heavy atom. The molecule has 4 nitrogen and oxygen atoms in total. The standard InChI is InChI=1S/C7H4ClFN4S/c8-4-1-2-6(5(9)3-4)13-7(14)10-11-12-13/h1-3H,(H,10,12,14). The number of aromatic nitrogens is 4. The molecule has 0 spiro atoms. The summed E-state index contributed by atoms with van der Waals surface area (Å²) in [5.41, 5.74) is 0.240. The van der Waals surface area contributed by atoms with E-state index in [1.807, 2.05) is 0 Å².